The Kier molecular flexibility index (Phi) is 7.30. The Labute approximate surface area is 215 Å². The Morgan fingerprint density at radius 3 is 2.56 bits per heavy atom. The molecule has 0 radical (unpaired) electrons. The molecular formula is C25H24BrFN6O3. The smallest absolute Gasteiger partial charge is 0.275 e. The molecule has 4 aromatic rings. The van der Waals surface area contributed by atoms with Gasteiger partial charge >= 0.3 is 0 Å². The fourth-order valence-corrected chi connectivity index (χ4v) is 3.91. The molecule has 0 fully saturated rings. The van der Waals surface area contributed by atoms with E-state index in [0.29, 0.717) is 17.8 Å². The van der Waals surface area contributed by atoms with Crippen LogP contribution in [-0.2, 0) is 18.4 Å². The SMILES string of the molecule is CC(C)(C)c1cc(C(=O)Nc2nonc2C(Cc2ccc(F)c(Br)c2)=NO)n(Cc2ccccc2)n1. The molecule has 0 atom stereocenters. The first-order valence-corrected chi connectivity index (χ1v) is 11.9. The first-order chi connectivity index (χ1) is 17.2. The summed E-state index contributed by atoms with van der Waals surface area (Å²) in [6, 6.07) is 15.8. The minimum Gasteiger partial charge on any atom is -0.411 e. The summed E-state index contributed by atoms with van der Waals surface area (Å²) in [6.07, 6.45) is 0.0899. The molecule has 36 heavy (non-hydrogen) atoms. The lowest BCUT2D eigenvalue weighted by Crippen LogP contribution is -2.20. The van der Waals surface area contributed by atoms with Crippen LogP contribution in [0.3, 0.4) is 0 Å². The number of nitrogens with zero attached hydrogens (tertiary/aromatic N) is 5. The number of oxime groups is 1. The molecule has 4 rings (SSSR count). The van der Waals surface area contributed by atoms with E-state index in [1.165, 1.54) is 6.07 Å². The number of hydrogen-bond acceptors (Lipinski definition) is 7. The van der Waals surface area contributed by atoms with E-state index in [-0.39, 0.29) is 33.5 Å². The van der Waals surface area contributed by atoms with E-state index in [1.807, 2.05) is 51.1 Å². The monoisotopic (exact) mass is 554 g/mol. The first-order valence-electron chi connectivity index (χ1n) is 11.1. The van der Waals surface area contributed by atoms with Crippen LogP contribution in [0, 0.1) is 5.82 Å². The lowest BCUT2D eigenvalue weighted by molar-refractivity contribution is 0.101. The second-order valence-electron chi connectivity index (χ2n) is 9.20. The Hall–Kier alpha value is -3.86. The molecule has 0 aliphatic heterocycles. The lowest BCUT2D eigenvalue weighted by Gasteiger charge is -2.14. The fraction of sp³-hybridized carbons (Fsp3) is 0.240. The molecule has 2 heterocycles. The van der Waals surface area contributed by atoms with Crippen molar-refractivity contribution < 1.29 is 19.0 Å². The van der Waals surface area contributed by atoms with Crippen molar-refractivity contribution in [3.63, 3.8) is 0 Å². The van der Waals surface area contributed by atoms with E-state index in [0.717, 1.165) is 11.3 Å². The van der Waals surface area contributed by atoms with Gasteiger partial charge in [0.1, 0.15) is 17.2 Å². The third-order valence-electron chi connectivity index (χ3n) is 5.43. The molecule has 2 aromatic heterocycles. The van der Waals surface area contributed by atoms with Crippen LogP contribution in [0.4, 0.5) is 10.2 Å². The highest BCUT2D eigenvalue weighted by atomic mass is 79.9. The van der Waals surface area contributed by atoms with Crippen LogP contribution in [0.25, 0.3) is 0 Å². The third-order valence-corrected chi connectivity index (χ3v) is 6.03. The van der Waals surface area contributed by atoms with Crippen LogP contribution in [0.5, 0.6) is 0 Å². The molecule has 2 aromatic carbocycles. The maximum absolute atomic E-state index is 13.6. The van der Waals surface area contributed by atoms with Crippen molar-refractivity contribution >= 4 is 33.4 Å². The molecule has 186 valence electrons. The van der Waals surface area contributed by atoms with Crippen molar-refractivity contribution in [1.82, 2.24) is 20.1 Å². The maximum atomic E-state index is 13.6. The van der Waals surface area contributed by atoms with Gasteiger partial charge in [0.25, 0.3) is 5.91 Å². The van der Waals surface area contributed by atoms with Crippen molar-refractivity contribution in [2.24, 2.45) is 5.16 Å². The zero-order chi connectivity index (χ0) is 25.9. The Balaban J connectivity index is 1.60. The van der Waals surface area contributed by atoms with Crippen molar-refractivity contribution in [3.05, 3.63) is 93.1 Å². The van der Waals surface area contributed by atoms with Crippen LogP contribution in [0.2, 0.25) is 0 Å². The van der Waals surface area contributed by atoms with Crippen molar-refractivity contribution in [2.75, 3.05) is 5.32 Å². The van der Waals surface area contributed by atoms with Crippen LogP contribution in [0.1, 0.15) is 53.8 Å². The van der Waals surface area contributed by atoms with Crippen LogP contribution < -0.4 is 5.32 Å². The number of nitrogens with one attached hydrogen (secondary N) is 1. The van der Waals surface area contributed by atoms with Crippen LogP contribution in [0.15, 0.2) is 68.9 Å². The van der Waals surface area contributed by atoms with Gasteiger partial charge in [0.05, 0.1) is 16.7 Å². The molecule has 11 heteroatoms. The van der Waals surface area contributed by atoms with Gasteiger partial charge < -0.3 is 10.5 Å². The normalized spacial score (nSPS) is 12.1. The van der Waals surface area contributed by atoms with Gasteiger partial charge in [-0.15, -0.1) is 0 Å². The Morgan fingerprint density at radius 2 is 1.89 bits per heavy atom. The number of anilines is 1. The summed E-state index contributed by atoms with van der Waals surface area (Å²) in [6.45, 7) is 6.44. The van der Waals surface area contributed by atoms with Crippen LogP contribution >= 0.6 is 15.9 Å². The number of halogens is 2. The standard InChI is InChI=1S/C25H24BrFN6O3/c1-25(2,3)21-13-20(33(29-21)14-15-7-5-4-6-8-15)24(34)28-23-22(31-36-32-23)19(30-35)12-16-9-10-18(27)17(26)11-16/h4-11,13,35H,12,14H2,1-3H3,(H,28,32,34). The molecule has 0 spiro atoms. The summed E-state index contributed by atoms with van der Waals surface area (Å²) in [5, 5.41) is 27.9. The molecule has 0 unspecified atom stereocenters. The topological polar surface area (TPSA) is 118 Å². The fourth-order valence-electron chi connectivity index (χ4n) is 3.48. The molecule has 0 saturated carbocycles. The molecule has 1 amide bonds. The summed E-state index contributed by atoms with van der Waals surface area (Å²) >= 11 is 3.14. The van der Waals surface area contributed by atoms with E-state index >= 15 is 0 Å². The molecule has 0 saturated heterocycles. The quantitative estimate of drug-likeness (QED) is 0.184. The van der Waals surface area contributed by atoms with Gasteiger partial charge in [-0.05, 0) is 55.6 Å². The highest BCUT2D eigenvalue weighted by Crippen LogP contribution is 2.24. The average Bonchev–Trinajstić information content (AvgIpc) is 3.47. The largest absolute Gasteiger partial charge is 0.411 e. The Bertz CT molecular complexity index is 1410. The van der Waals surface area contributed by atoms with Gasteiger partial charge in [0.2, 0.25) is 5.82 Å². The van der Waals surface area contributed by atoms with Gasteiger partial charge in [-0.1, -0.05) is 62.3 Å². The average molecular weight is 555 g/mol. The molecule has 2 N–H and O–H groups in total. The van der Waals surface area contributed by atoms with E-state index in [1.54, 1.807) is 22.9 Å². The summed E-state index contributed by atoms with van der Waals surface area (Å²) in [5.41, 5.74) is 2.56. The van der Waals surface area contributed by atoms with E-state index in [9.17, 15) is 14.4 Å². The van der Waals surface area contributed by atoms with Gasteiger partial charge in [-0.2, -0.15) is 5.10 Å². The van der Waals surface area contributed by atoms with E-state index in [4.69, 9.17) is 4.63 Å². The maximum Gasteiger partial charge on any atom is 0.275 e. The summed E-state index contributed by atoms with van der Waals surface area (Å²) < 4.78 is 20.3. The number of benzene rings is 2. The van der Waals surface area contributed by atoms with Gasteiger partial charge in [-0.3, -0.25) is 9.48 Å². The minimum atomic E-state index is -0.479. The van der Waals surface area contributed by atoms with Crippen molar-refractivity contribution in [1.29, 1.82) is 0 Å². The summed E-state index contributed by atoms with van der Waals surface area (Å²) in [4.78, 5) is 13.3. The van der Waals surface area contributed by atoms with Crippen molar-refractivity contribution in [3.8, 4) is 0 Å². The second kappa shape index (κ2) is 10.4. The first kappa shape index (κ1) is 25.2. The third kappa shape index (κ3) is 5.68. The molecule has 0 aliphatic carbocycles. The number of rotatable bonds is 7. The highest BCUT2D eigenvalue weighted by Gasteiger charge is 2.26. The Morgan fingerprint density at radius 1 is 1.14 bits per heavy atom. The van der Waals surface area contributed by atoms with Crippen molar-refractivity contribution in [2.45, 2.75) is 39.2 Å². The van der Waals surface area contributed by atoms with Crippen LogP contribution in [-0.4, -0.2) is 36.9 Å². The molecular weight excluding hydrogens is 531 g/mol. The van der Waals surface area contributed by atoms with Gasteiger partial charge in [0.15, 0.2) is 5.69 Å². The molecule has 9 nitrogen and oxygen atoms in total. The minimum absolute atomic E-state index is 0.0150. The van der Waals surface area contributed by atoms with Gasteiger partial charge in [-0.25, -0.2) is 9.02 Å². The predicted octanol–water partition coefficient (Wildman–Crippen LogP) is 5.19. The zero-order valence-electron chi connectivity index (χ0n) is 19.9. The number of carbonyl (C=O) groups excluding carboxylic acids is 1. The number of aromatic nitrogens is 4. The summed E-state index contributed by atoms with van der Waals surface area (Å²) in [7, 11) is 0. The molecule has 0 bridgehead atoms. The highest BCUT2D eigenvalue weighted by molar-refractivity contribution is 9.10. The number of amides is 1. The van der Waals surface area contributed by atoms with E-state index in [2.05, 4.69) is 41.8 Å². The second-order valence-corrected chi connectivity index (χ2v) is 10.0. The lowest BCUT2D eigenvalue weighted by atomic mass is 9.92. The molecule has 0 aliphatic rings. The van der Waals surface area contributed by atoms with Gasteiger partial charge in [0, 0.05) is 11.8 Å². The van der Waals surface area contributed by atoms with E-state index < -0.39 is 11.7 Å². The zero-order valence-corrected chi connectivity index (χ0v) is 21.5. The predicted molar refractivity (Wildman–Crippen MR) is 135 cm³/mol. The number of carbonyl (C=O) groups is 1. The number of hydrogen-bond donors (Lipinski definition) is 2. The summed E-state index contributed by atoms with van der Waals surface area (Å²) in [5.74, 6) is -0.912.